The van der Waals surface area contributed by atoms with Crippen molar-refractivity contribution in [2.45, 2.75) is 36.9 Å². The van der Waals surface area contributed by atoms with Crippen LogP contribution in [0.4, 0.5) is 5.69 Å². The third-order valence-electron chi connectivity index (χ3n) is 5.59. The summed E-state index contributed by atoms with van der Waals surface area (Å²) in [5.74, 6) is -1.24. The van der Waals surface area contributed by atoms with Crippen LogP contribution in [0.3, 0.4) is 0 Å². The molecule has 6 N–H and O–H groups in total. The number of fused-ring (bicyclic) bond motifs is 1. The molecule has 2 unspecified atom stereocenters. The van der Waals surface area contributed by atoms with Gasteiger partial charge in [0, 0.05) is 0 Å². The molecule has 0 radical (unpaired) electrons. The smallest absolute Gasteiger partial charge is 0.459 e. The van der Waals surface area contributed by atoms with Gasteiger partial charge in [0.15, 0.2) is 0 Å². The number of hydrogen-bond donors (Lipinski definition) is 5. The van der Waals surface area contributed by atoms with Gasteiger partial charge in [-0.2, -0.15) is 10.3 Å². The molecule has 1 aromatic carbocycles. The standard InChI is InChI=1S/C21H23N6O8P/c1-12(20(30)31)25-36(32,35-13-5-3-2-4-6-13)33-11-21(10-22)19(29)17(28)18(34-21)16-8-7-15-14(23)9-24-26-27(15)16/h2-9,12,17-19,28-29H,11,23H2,1H3,(H,25,32)(H,30,31)/t12?,17-,18-,19-,21+,36?/m0/s1. The molecule has 0 bridgehead atoms. The largest absolute Gasteiger partial charge is 0.480 e. The fourth-order valence-corrected chi connectivity index (χ4v) is 5.18. The highest BCUT2D eigenvalue weighted by atomic mass is 31.2. The third-order valence-corrected chi connectivity index (χ3v) is 7.21. The normalized spacial score (nSPS) is 26.2. The number of carboxylic acids is 1. The Morgan fingerprint density at radius 1 is 1.36 bits per heavy atom. The highest BCUT2D eigenvalue weighted by molar-refractivity contribution is 7.52. The predicted octanol–water partition coefficient (Wildman–Crippen LogP) is 0.633. The van der Waals surface area contributed by atoms with Crippen LogP contribution in [0, 0.1) is 11.3 Å². The average molecular weight is 518 g/mol. The van der Waals surface area contributed by atoms with E-state index < -0.39 is 50.3 Å². The lowest BCUT2D eigenvalue weighted by Gasteiger charge is -2.28. The molecule has 4 rings (SSSR count). The fraction of sp³-hybridized carbons (Fsp3) is 0.333. The SMILES string of the molecule is CC(NP(=O)(OC[C@@]1(C#N)O[C@@H](c2ccc3c(N)cnnn23)[C@H](O)[C@@H]1O)Oc1ccccc1)C(=O)O. The van der Waals surface area contributed by atoms with Gasteiger partial charge in [-0.3, -0.25) is 9.32 Å². The van der Waals surface area contributed by atoms with Gasteiger partial charge in [0.2, 0.25) is 5.60 Å². The molecule has 1 fully saturated rings. The second kappa shape index (κ2) is 9.82. The predicted molar refractivity (Wildman–Crippen MR) is 122 cm³/mol. The number of rotatable bonds is 9. The maximum Gasteiger partial charge on any atom is 0.459 e. The van der Waals surface area contributed by atoms with Crippen molar-refractivity contribution < 1.29 is 38.5 Å². The first-order valence-corrected chi connectivity index (χ1v) is 12.2. The van der Waals surface area contributed by atoms with Crippen LogP contribution in [0.2, 0.25) is 0 Å². The number of aliphatic hydroxyl groups is 2. The lowest BCUT2D eigenvalue weighted by molar-refractivity contribution is -0.138. The Kier molecular flexibility index (Phi) is 6.96. The summed E-state index contributed by atoms with van der Waals surface area (Å²) >= 11 is 0. The molecule has 190 valence electrons. The first kappa shape index (κ1) is 25.5. The number of nitriles is 1. The summed E-state index contributed by atoms with van der Waals surface area (Å²) in [5, 5.41) is 50.6. The number of nitrogens with zero attached hydrogens (tertiary/aromatic N) is 4. The van der Waals surface area contributed by atoms with E-state index in [9.17, 15) is 29.9 Å². The maximum atomic E-state index is 13.5. The number of ether oxygens (including phenoxy) is 1. The van der Waals surface area contributed by atoms with E-state index in [2.05, 4.69) is 15.4 Å². The summed E-state index contributed by atoms with van der Waals surface area (Å²) in [7, 11) is -4.43. The van der Waals surface area contributed by atoms with Gasteiger partial charge in [-0.15, -0.1) is 5.10 Å². The Balaban J connectivity index is 1.61. The van der Waals surface area contributed by atoms with Crippen LogP contribution in [0.15, 0.2) is 48.7 Å². The quantitative estimate of drug-likeness (QED) is 0.246. The number of carbonyl (C=O) groups is 1. The molecule has 1 saturated heterocycles. The topological polar surface area (TPSA) is 215 Å². The van der Waals surface area contributed by atoms with Crippen molar-refractivity contribution in [3.05, 3.63) is 54.4 Å². The Morgan fingerprint density at radius 2 is 2.08 bits per heavy atom. The van der Waals surface area contributed by atoms with Gasteiger partial charge >= 0.3 is 13.7 Å². The molecule has 14 nitrogen and oxygen atoms in total. The van der Waals surface area contributed by atoms with E-state index in [-0.39, 0.29) is 11.4 Å². The van der Waals surface area contributed by atoms with E-state index in [1.807, 2.05) is 0 Å². The van der Waals surface area contributed by atoms with E-state index in [0.29, 0.717) is 11.2 Å². The maximum absolute atomic E-state index is 13.5. The number of aliphatic carboxylic acids is 1. The minimum atomic E-state index is -4.43. The monoisotopic (exact) mass is 518 g/mol. The number of nitrogens with one attached hydrogen (secondary N) is 1. The molecule has 36 heavy (non-hydrogen) atoms. The van der Waals surface area contributed by atoms with Gasteiger partial charge in [-0.05, 0) is 31.2 Å². The van der Waals surface area contributed by atoms with Gasteiger partial charge in [0.05, 0.1) is 23.1 Å². The molecule has 0 spiro atoms. The van der Waals surface area contributed by atoms with Crippen LogP contribution in [0.5, 0.6) is 5.75 Å². The van der Waals surface area contributed by atoms with Crippen molar-refractivity contribution in [2.75, 3.05) is 12.3 Å². The zero-order valence-corrected chi connectivity index (χ0v) is 19.7. The number of benzene rings is 1. The summed E-state index contributed by atoms with van der Waals surface area (Å²) in [6, 6.07) is 11.4. The molecule has 15 heteroatoms. The second-order valence-electron chi connectivity index (χ2n) is 8.08. The molecule has 0 amide bonds. The van der Waals surface area contributed by atoms with Gasteiger partial charge in [-0.1, -0.05) is 23.4 Å². The molecular weight excluding hydrogens is 495 g/mol. The Morgan fingerprint density at radius 3 is 2.75 bits per heavy atom. The van der Waals surface area contributed by atoms with E-state index >= 15 is 0 Å². The molecule has 1 aliphatic rings. The second-order valence-corrected chi connectivity index (χ2v) is 9.78. The van der Waals surface area contributed by atoms with Crippen LogP contribution >= 0.6 is 7.75 Å². The molecule has 3 aromatic rings. The fourth-order valence-electron chi connectivity index (χ4n) is 3.65. The number of aromatic nitrogens is 3. The minimum Gasteiger partial charge on any atom is -0.480 e. The number of nitrogen functional groups attached to an aromatic ring is 1. The lowest BCUT2D eigenvalue weighted by Crippen LogP contribution is -2.46. The van der Waals surface area contributed by atoms with Crippen LogP contribution in [0.1, 0.15) is 18.7 Å². The van der Waals surface area contributed by atoms with Crippen molar-refractivity contribution in [2.24, 2.45) is 0 Å². The highest BCUT2D eigenvalue weighted by Gasteiger charge is 2.57. The lowest BCUT2D eigenvalue weighted by atomic mass is 9.96. The van der Waals surface area contributed by atoms with Gasteiger partial charge in [0.25, 0.3) is 0 Å². The van der Waals surface area contributed by atoms with Crippen LogP contribution in [-0.4, -0.2) is 66.6 Å². The molecule has 1 aliphatic heterocycles. The van der Waals surface area contributed by atoms with E-state index in [0.717, 1.165) is 0 Å². The Labute approximate surface area is 204 Å². The van der Waals surface area contributed by atoms with Gasteiger partial charge in [-0.25, -0.2) is 9.08 Å². The van der Waals surface area contributed by atoms with Crippen LogP contribution < -0.4 is 15.3 Å². The van der Waals surface area contributed by atoms with Crippen molar-refractivity contribution in [1.29, 1.82) is 5.26 Å². The van der Waals surface area contributed by atoms with E-state index in [1.165, 1.54) is 35.8 Å². The van der Waals surface area contributed by atoms with E-state index in [4.69, 9.17) is 19.5 Å². The molecule has 6 atom stereocenters. The molecule has 3 heterocycles. The summed E-state index contributed by atoms with van der Waals surface area (Å²) in [6.07, 6.45) is -3.35. The third kappa shape index (κ3) is 4.76. The summed E-state index contributed by atoms with van der Waals surface area (Å²) < 4.78 is 31.4. The average Bonchev–Trinajstić information content (AvgIpc) is 3.39. The first-order chi connectivity index (χ1) is 17.1. The Bertz CT molecular complexity index is 1350. The van der Waals surface area contributed by atoms with Gasteiger partial charge < -0.3 is 30.3 Å². The number of para-hydroxylation sites is 1. The molecule has 0 aliphatic carbocycles. The van der Waals surface area contributed by atoms with Crippen LogP contribution in [-0.2, 0) is 18.6 Å². The highest BCUT2D eigenvalue weighted by Crippen LogP contribution is 2.48. The molecule has 0 saturated carbocycles. The Hall–Kier alpha value is -3.57. The van der Waals surface area contributed by atoms with Crippen molar-refractivity contribution in [3.8, 4) is 11.8 Å². The first-order valence-electron chi connectivity index (χ1n) is 10.6. The number of hydrogen-bond acceptors (Lipinski definition) is 11. The van der Waals surface area contributed by atoms with E-state index in [1.54, 1.807) is 30.3 Å². The summed E-state index contributed by atoms with van der Waals surface area (Å²) in [4.78, 5) is 11.3. The minimum absolute atomic E-state index is 0.0959. The van der Waals surface area contributed by atoms with Gasteiger partial charge in [0.1, 0.15) is 42.8 Å². The number of anilines is 1. The van der Waals surface area contributed by atoms with Crippen LogP contribution in [0.25, 0.3) is 5.52 Å². The zero-order chi connectivity index (χ0) is 26.1. The van der Waals surface area contributed by atoms with Crippen molar-refractivity contribution in [1.82, 2.24) is 19.9 Å². The summed E-state index contributed by atoms with van der Waals surface area (Å²) in [5.41, 5.74) is 4.69. The molecular formula is C21H23N6O8P. The number of nitrogens with two attached hydrogens (primary N) is 1. The summed E-state index contributed by atoms with van der Waals surface area (Å²) in [6.45, 7) is 0.372. The van der Waals surface area contributed by atoms with Crippen molar-refractivity contribution in [3.63, 3.8) is 0 Å². The zero-order valence-electron chi connectivity index (χ0n) is 18.8. The number of carboxylic acid groups (broad SMARTS) is 1. The van der Waals surface area contributed by atoms with Crippen molar-refractivity contribution >= 4 is 24.9 Å². The number of aliphatic hydroxyl groups excluding tert-OH is 2. The molecule has 2 aromatic heterocycles.